The first-order valence-electron chi connectivity index (χ1n) is 7.11. The summed E-state index contributed by atoms with van der Waals surface area (Å²) in [6, 6.07) is 2.08. The molecular formula is C15H27N3O2. The number of likely N-dealkylation sites (N-methyl/N-ethyl adjacent to an activating group) is 1. The Bertz CT molecular complexity index is 421. The maximum atomic E-state index is 11.9. The molecule has 0 spiro atoms. The third-order valence-electron chi connectivity index (χ3n) is 2.81. The van der Waals surface area contributed by atoms with Crippen molar-refractivity contribution in [2.45, 2.75) is 39.8 Å². The van der Waals surface area contributed by atoms with Crippen LogP contribution in [0.1, 0.15) is 33.3 Å². The molecule has 0 bridgehead atoms. The quantitative estimate of drug-likeness (QED) is 0.814. The summed E-state index contributed by atoms with van der Waals surface area (Å²) < 4.78 is 7.39. The van der Waals surface area contributed by atoms with E-state index in [1.165, 1.54) is 5.56 Å². The van der Waals surface area contributed by atoms with E-state index < -0.39 is 5.60 Å². The molecule has 0 saturated carbocycles. The van der Waals surface area contributed by atoms with Crippen molar-refractivity contribution in [3.05, 3.63) is 24.0 Å². The molecule has 1 heterocycles. The maximum absolute atomic E-state index is 11.9. The van der Waals surface area contributed by atoms with Gasteiger partial charge in [0.25, 0.3) is 0 Å². The van der Waals surface area contributed by atoms with Crippen molar-refractivity contribution in [3.63, 3.8) is 0 Å². The molecule has 5 heteroatoms. The van der Waals surface area contributed by atoms with Gasteiger partial charge in [-0.15, -0.1) is 0 Å². The summed E-state index contributed by atoms with van der Waals surface area (Å²) in [7, 11) is 2.00. The Morgan fingerprint density at radius 3 is 2.65 bits per heavy atom. The highest BCUT2D eigenvalue weighted by molar-refractivity contribution is 5.68. The van der Waals surface area contributed by atoms with Gasteiger partial charge in [0.2, 0.25) is 0 Å². The molecule has 0 aromatic carbocycles. The van der Waals surface area contributed by atoms with Crippen LogP contribution < -0.4 is 5.32 Å². The minimum absolute atomic E-state index is 0.249. The molecule has 0 radical (unpaired) electrons. The number of carbonyl (C=O) groups excluding carboxylic acids is 1. The summed E-state index contributed by atoms with van der Waals surface area (Å²) in [4.78, 5) is 13.6. The van der Waals surface area contributed by atoms with Crippen molar-refractivity contribution in [1.82, 2.24) is 14.8 Å². The van der Waals surface area contributed by atoms with Crippen molar-refractivity contribution < 1.29 is 9.53 Å². The molecule has 0 aliphatic rings. The first-order valence-corrected chi connectivity index (χ1v) is 7.11. The van der Waals surface area contributed by atoms with Crippen molar-refractivity contribution in [2.75, 3.05) is 19.6 Å². The van der Waals surface area contributed by atoms with E-state index >= 15 is 0 Å². The zero-order chi connectivity index (χ0) is 15.2. The number of ether oxygens (including phenoxy) is 1. The Morgan fingerprint density at radius 2 is 2.15 bits per heavy atom. The minimum atomic E-state index is -0.442. The molecule has 0 fully saturated rings. The molecule has 0 saturated heterocycles. The van der Waals surface area contributed by atoms with E-state index in [2.05, 4.69) is 17.6 Å². The number of rotatable bonds is 6. The number of hydrogen-bond donors (Lipinski definition) is 1. The van der Waals surface area contributed by atoms with E-state index in [4.69, 9.17) is 4.74 Å². The van der Waals surface area contributed by atoms with Gasteiger partial charge in [0.15, 0.2) is 0 Å². The highest BCUT2D eigenvalue weighted by atomic mass is 16.6. The molecular weight excluding hydrogens is 254 g/mol. The van der Waals surface area contributed by atoms with Gasteiger partial charge in [-0.2, -0.15) is 0 Å². The van der Waals surface area contributed by atoms with E-state index in [9.17, 15) is 4.79 Å². The van der Waals surface area contributed by atoms with Crippen molar-refractivity contribution >= 4 is 6.09 Å². The highest BCUT2D eigenvalue weighted by Crippen LogP contribution is 2.09. The van der Waals surface area contributed by atoms with Gasteiger partial charge in [-0.3, -0.25) is 0 Å². The van der Waals surface area contributed by atoms with E-state index in [-0.39, 0.29) is 6.09 Å². The molecule has 114 valence electrons. The van der Waals surface area contributed by atoms with Crippen LogP contribution >= 0.6 is 0 Å². The molecule has 1 rings (SSSR count). The monoisotopic (exact) mass is 281 g/mol. The van der Waals surface area contributed by atoms with Gasteiger partial charge in [0.1, 0.15) is 5.60 Å². The van der Waals surface area contributed by atoms with Crippen LogP contribution in [-0.2, 0) is 18.3 Å². The van der Waals surface area contributed by atoms with Gasteiger partial charge in [-0.05, 0) is 39.3 Å². The first kappa shape index (κ1) is 16.6. The lowest BCUT2D eigenvalue weighted by Gasteiger charge is -2.26. The molecule has 0 atom stereocenters. The lowest BCUT2D eigenvalue weighted by Crippen LogP contribution is -2.40. The standard InChI is InChI=1S/C15H27N3O2/c1-6-18(14(19)20-15(2,3)4)10-8-16-11-13-7-9-17(5)12-13/h7,9,12,16H,6,8,10-11H2,1-5H3. The van der Waals surface area contributed by atoms with Gasteiger partial charge in [0, 0.05) is 45.6 Å². The van der Waals surface area contributed by atoms with Crippen LogP contribution in [0.2, 0.25) is 0 Å². The molecule has 1 amide bonds. The van der Waals surface area contributed by atoms with E-state index in [1.807, 2.05) is 45.5 Å². The number of aromatic nitrogens is 1. The SMILES string of the molecule is CCN(CCNCc1ccn(C)c1)C(=O)OC(C)(C)C. The van der Waals surface area contributed by atoms with Crippen LogP contribution in [0.3, 0.4) is 0 Å². The molecule has 1 aromatic heterocycles. The van der Waals surface area contributed by atoms with Crippen LogP contribution in [0.15, 0.2) is 18.5 Å². The average molecular weight is 281 g/mol. The lowest BCUT2D eigenvalue weighted by atomic mass is 10.2. The second-order valence-electron chi connectivity index (χ2n) is 5.92. The Kier molecular flexibility index (Phi) is 6.07. The van der Waals surface area contributed by atoms with Crippen LogP contribution in [0, 0.1) is 0 Å². The van der Waals surface area contributed by atoms with E-state index in [0.717, 1.165) is 13.1 Å². The van der Waals surface area contributed by atoms with Crippen molar-refractivity contribution in [2.24, 2.45) is 7.05 Å². The molecule has 0 aliphatic carbocycles. The molecule has 20 heavy (non-hydrogen) atoms. The zero-order valence-corrected chi connectivity index (χ0v) is 13.3. The summed E-state index contributed by atoms with van der Waals surface area (Å²) in [6.07, 6.45) is 3.86. The molecule has 0 unspecified atom stereocenters. The molecule has 1 aromatic rings. The Balaban J connectivity index is 2.29. The molecule has 0 aliphatic heterocycles. The maximum Gasteiger partial charge on any atom is 0.410 e. The summed E-state index contributed by atoms with van der Waals surface area (Å²) in [6.45, 7) is 10.5. The minimum Gasteiger partial charge on any atom is -0.444 e. The number of nitrogens with zero attached hydrogens (tertiary/aromatic N) is 2. The van der Waals surface area contributed by atoms with Crippen LogP contribution in [0.5, 0.6) is 0 Å². The third kappa shape index (κ3) is 6.10. The van der Waals surface area contributed by atoms with E-state index in [0.29, 0.717) is 13.1 Å². The molecule has 1 N–H and O–H groups in total. The predicted octanol–water partition coefficient (Wildman–Crippen LogP) is 2.37. The largest absolute Gasteiger partial charge is 0.444 e. The smallest absolute Gasteiger partial charge is 0.410 e. The topological polar surface area (TPSA) is 46.5 Å². The Hall–Kier alpha value is -1.49. The van der Waals surface area contributed by atoms with Gasteiger partial charge in [0.05, 0.1) is 0 Å². The second kappa shape index (κ2) is 7.33. The van der Waals surface area contributed by atoms with Crippen LogP contribution in [0.4, 0.5) is 4.79 Å². The van der Waals surface area contributed by atoms with Crippen molar-refractivity contribution in [3.8, 4) is 0 Å². The van der Waals surface area contributed by atoms with Gasteiger partial charge in [-0.1, -0.05) is 0 Å². The average Bonchev–Trinajstić information content (AvgIpc) is 2.72. The number of nitrogens with one attached hydrogen (secondary N) is 1. The summed E-state index contributed by atoms with van der Waals surface area (Å²) in [5.74, 6) is 0. The first-order chi connectivity index (χ1) is 9.31. The fraction of sp³-hybridized carbons (Fsp3) is 0.667. The fourth-order valence-corrected chi connectivity index (χ4v) is 1.82. The Labute approximate surface area is 121 Å². The zero-order valence-electron chi connectivity index (χ0n) is 13.3. The number of aryl methyl sites for hydroxylation is 1. The summed E-state index contributed by atoms with van der Waals surface area (Å²) >= 11 is 0. The van der Waals surface area contributed by atoms with Gasteiger partial charge >= 0.3 is 6.09 Å². The van der Waals surface area contributed by atoms with Gasteiger partial charge in [-0.25, -0.2) is 4.79 Å². The Morgan fingerprint density at radius 1 is 1.45 bits per heavy atom. The second-order valence-corrected chi connectivity index (χ2v) is 5.92. The summed E-state index contributed by atoms with van der Waals surface area (Å²) in [5.41, 5.74) is 0.801. The number of hydrogen-bond acceptors (Lipinski definition) is 3. The lowest BCUT2D eigenvalue weighted by molar-refractivity contribution is 0.0262. The number of carbonyl (C=O) groups is 1. The normalized spacial score (nSPS) is 11.4. The fourth-order valence-electron chi connectivity index (χ4n) is 1.82. The molecule has 5 nitrogen and oxygen atoms in total. The van der Waals surface area contributed by atoms with Gasteiger partial charge < -0.3 is 19.5 Å². The highest BCUT2D eigenvalue weighted by Gasteiger charge is 2.20. The van der Waals surface area contributed by atoms with Crippen LogP contribution in [-0.4, -0.2) is 40.8 Å². The van der Waals surface area contributed by atoms with E-state index in [1.54, 1.807) is 4.90 Å². The predicted molar refractivity (Wildman–Crippen MR) is 80.6 cm³/mol. The van der Waals surface area contributed by atoms with Crippen LogP contribution in [0.25, 0.3) is 0 Å². The third-order valence-corrected chi connectivity index (χ3v) is 2.81. The van der Waals surface area contributed by atoms with Crippen molar-refractivity contribution in [1.29, 1.82) is 0 Å². The number of amides is 1. The summed E-state index contributed by atoms with van der Waals surface area (Å²) in [5, 5.41) is 3.33.